The number of halogens is 4. The highest BCUT2D eigenvalue weighted by atomic mass is 35.5. The molecule has 0 saturated carbocycles. The Hall–Kier alpha value is -3.25. The molecule has 43 heavy (non-hydrogen) atoms. The molecule has 6 N–H and O–H groups in total. The summed E-state index contributed by atoms with van der Waals surface area (Å²) in [4.78, 5) is 57.2. The Morgan fingerprint density at radius 1 is 0.884 bits per heavy atom. The third kappa shape index (κ3) is 12.9. The number of nitrogens with one attached hydrogen (secondary N) is 1. The minimum absolute atomic E-state index is 0.0190. The quantitative estimate of drug-likeness (QED) is 0.120. The second-order valence-corrected chi connectivity index (χ2v) is 11.3. The average Bonchev–Trinajstić information content (AvgIpc) is 2.91. The van der Waals surface area contributed by atoms with Gasteiger partial charge >= 0.3 is 5.97 Å². The molecule has 0 saturated heterocycles. The largest absolute Gasteiger partial charge is 0.480 e. The molecule has 0 bridgehead atoms. The third-order valence-electron chi connectivity index (χ3n) is 6.27. The van der Waals surface area contributed by atoms with Crippen LogP contribution in [0.15, 0.2) is 41.4 Å². The first-order chi connectivity index (χ1) is 20.3. The lowest BCUT2D eigenvalue weighted by Gasteiger charge is -2.30. The Labute approximate surface area is 270 Å². The number of rotatable bonds is 16. The number of carbonyl (C=O) groups is 4. The number of carboxylic acids is 1. The van der Waals surface area contributed by atoms with Crippen LogP contribution < -0.4 is 16.8 Å². The molecule has 11 nitrogen and oxygen atoms in total. The third-order valence-corrected chi connectivity index (χ3v) is 7.44. The lowest BCUT2D eigenvalue weighted by atomic mass is 10.1. The molecule has 3 amide bonds. The zero-order valence-electron chi connectivity index (χ0n) is 23.5. The van der Waals surface area contributed by atoms with E-state index in [2.05, 4.69) is 10.3 Å². The maximum absolute atomic E-state index is 13.8. The number of hydrogen-bond acceptors (Lipinski definition) is 5. The number of guanidine groups is 1. The monoisotopic (exact) mass is 674 g/mol. The van der Waals surface area contributed by atoms with Gasteiger partial charge in [-0.05, 0) is 61.1 Å². The summed E-state index contributed by atoms with van der Waals surface area (Å²) in [6.45, 7) is 0.518. The van der Waals surface area contributed by atoms with Crippen molar-refractivity contribution in [2.45, 2.75) is 38.6 Å². The zero-order valence-corrected chi connectivity index (χ0v) is 26.5. The molecule has 1 unspecified atom stereocenters. The Morgan fingerprint density at radius 3 is 1.88 bits per heavy atom. The molecular formula is C28H34Cl4N6O5. The Bertz CT molecular complexity index is 1340. The molecule has 15 heteroatoms. The number of hydrogen-bond donors (Lipinski definition) is 4. The molecular weight excluding hydrogens is 642 g/mol. The minimum atomic E-state index is -1.22. The van der Waals surface area contributed by atoms with E-state index < -0.39 is 42.8 Å². The van der Waals surface area contributed by atoms with Crippen molar-refractivity contribution < 1.29 is 24.3 Å². The predicted octanol–water partition coefficient (Wildman–Crippen LogP) is 3.39. The van der Waals surface area contributed by atoms with Crippen molar-refractivity contribution in [3.63, 3.8) is 0 Å². The van der Waals surface area contributed by atoms with Crippen LogP contribution in [0.1, 0.15) is 30.9 Å². The molecule has 0 aliphatic rings. The maximum Gasteiger partial charge on any atom is 0.323 e. The van der Waals surface area contributed by atoms with E-state index in [1.807, 2.05) is 0 Å². The molecule has 0 spiro atoms. The lowest BCUT2D eigenvalue weighted by molar-refractivity contribution is -0.147. The second-order valence-electron chi connectivity index (χ2n) is 9.64. The highest BCUT2D eigenvalue weighted by Crippen LogP contribution is 2.23. The number of aliphatic carboxylic acids is 1. The van der Waals surface area contributed by atoms with Gasteiger partial charge in [-0.15, -0.1) is 0 Å². The summed E-state index contributed by atoms with van der Waals surface area (Å²) in [7, 11) is 0. The van der Waals surface area contributed by atoms with Crippen LogP contribution in [-0.2, 0) is 32.0 Å². The summed E-state index contributed by atoms with van der Waals surface area (Å²) >= 11 is 24.6. The predicted molar refractivity (Wildman–Crippen MR) is 169 cm³/mol. The van der Waals surface area contributed by atoms with Gasteiger partial charge in [0.2, 0.25) is 17.7 Å². The first kappa shape index (κ1) is 35.9. The fraction of sp³-hybridized carbons (Fsp3) is 0.393. The summed E-state index contributed by atoms with van der Waals surface area (Å²) in [5, 5.41) is 13.8. The van der Waals surface area contributed by atoms with Crippen LogP contribution in [0, 0.1) is 0 Å². The van der Waals surface area contributed by atoms with Gasteiger partial charge in [0.05, 0.1) is 6.54 Å². The number of amides is 3. The Morgan fingerprint density at radius 2 is 1.42 bits per heavy atom. The summed E-state index contributed by atoms with van der Waals surface area (Å²) in [5.74, 6) is -2.91. The van der Waals surface area contributed by atoms with E-state index in [9.17, 15) is 24.3 Å². The van der Waals surface area contributed by atoms with Crippen molar-refractivity contribution in [2.75, 3.05) is 32.7 Å². The van der Waals surface area contributed by atoms with Gasteiger partial charge in [0.15, 0.2) is 5.96 Å². The number of benzene rings is 2. The Kier molecular flexibility index (Phi) is 14.9. The van der Waals surface area contributed by atoms with Gasteiger partial charge in [0.25, 0.3) is 0 Å². The van der Waals surface area contributed by atoms with Crippen LogP contribution in [0.3, 0.4) is 0 Å². The van der Waals surface area contributed by atoms with Gasteiger partial charge in [-0.25, -0.2) is 0 Å². The van der Waals surface area contributed by atoms with Crippen LogP contribution in [0.2, 0.25) is 20.1 Å². The fourth-order valence-electron chi connectivity index (χ4n) is 4.17. The average molecular weight is 676 g/mol. The fourth-order valence-corrected chi connectivity index (χ4v) is 5.18. The van der Waals surface area contributed by atoms with E-state index in [0.29, 0.717) is 37.6 Å². The number of aliphatic imine (C=N–C) groups is 1. The van der Waals surface area contributed by atoms with E-state index in [-0.39, 0.29) is 44.9 Å². The molecule has 2 aromatic carbocycles. The lowest BCUT2D eigenvalue weighted by Crippen LogP contribution is -2.52. The second kappa shape index (κ2) is 17.8. The molecule has 2 aromatic rings. The number of carboxylic acid groups (broad SMARTS) is 1. The molecule has 0 heterocycles. The van der Waals surface area contributed by atoms with Crippen LogP contribution >= 0.6 is 46.4 Å². The van der Waals surface area contributed by atoms with E-state index in [1.165, 1.54) is 11.8 Å². The van der Waals surface area contributed by atoms with Crippen LogP contribution in [0.4, 0.5) is 0 Å². The Balaban J connectivity index is 2.31. The van der Waals surface area contributed by atoms with Gasteiger partial charge in [-0.1, -0.05) is 58.5 Å². The van der Waals surface area contributed by atoms with Crippen molar-refractivity contribution in [3.05, 3.63) is 67.6 Å². The van der Waals surface area contributed by atoms with Gasteiger partial charge in [0, 0.05) is 46.6 Å². The summed E-state index contributed by atoms with van der Waals surface area (Å²) in [5.41, 5.74) is 12.1. The molecule has 0 radical (unpaired) electrons. The van der Waals surface area contributed by atoms with E-state index in [4.69, 9.17) is 57.9 Å². The highest BCUT2D eigenvalue weighted by Gasteiger charge is 2.29. The molecule has 0 aliphatic carbocycles. The van der Waals surface area contributed by atoms with Crippen molar-refractivity contribution in [2.24, 2.45) is 16.5 Å². The van der Waals surface area contributed by atoms with Crippen molar-refractivity contribution in [3.8, 4) is 0 Å². The summed E-state index contributed by atoms with van der Waals surface area (Å²) < 4.78 is 0. The van der Waals surface area contributed by atoms with E-state index in [0.717, 1.165) is 4.90 Å². The topological polar surface area (TPSA) is 171 Å². The number of carbonyl (C=O) groups excluding carboxylic acids is 3. The van der Waals surface area contributed by atoms with Crippen LogP contribution in [0.25, 0.3) is 0 Å². The molecule has 2 rings (SSSR count). The normalized spacial score (nSPS) is 11.4. The summed E-state index contributed by atoms with van der Waals surface area (Å²) in [6, 6.07) is 8.84. The van der Waals surface area contributed by atoms with Gasteiger partial charge in [-0.2, -0.15) is 0 Å². The molecule has 0 aliphatic heterocycles. The molecule has 0 fully saturated rings. The highest BCUT2D eigenvalue weighted by molar-refractivity contribution is 6.35. The van der Waals surface area contributed by atoms with Crippen molar-refractivity contribution >= 4 is 76.1 Å². The number of nitrogens with two attached hydrogens (primary N) is 2. The van der Waals surface area contributed by atoms with Crippen LogP contribution in [-0.4, -0.2) is 83.3 Å². The zero-order chi connectivity index (χ0) is 32.1. The first-order valence-electron chi connectivity index (χ1n) is 13.3. The van der Waals surface area contributed by atoms with E-state index >= 15 is 0 Å². The smallest absolute Gasteiger partial charge is 0.323 e. The maximum atomic E-state index is 13.8. The van der Waals surface area contributed by atoms with Gasteiger partial charge in [-0.3, -0.25) is 24.2 Å². The van der Waals surface area contributed by atoms with Crippen molar-refractivity contribution in [1.29, 1.82) is 0 Å². The van der Waals surface area contributed by atoms with Gasteiger partial charge in [0.1, 0.15) is 12.6 Å². The van der Waals surface area contributed by atoms with Crippen molar-refractivity contribution in [1.82, 2.24) is 15.1 Å². The molecule has 0 aromatic heterocycles. The molecule has 234 valence electrons. The van der Waals surface area contributed by atoms with E-state index in [1.54, 1.807) is 36.4 Å². The first-order valence-corrected chi connectivity index (χ1v) is 14.8. The van der Waals surface area contributed by atoms with Gasteiger partial charge < -0.3 is 31.7 Å². The van der Waals surface area contributed by atoms with Crippen LogP contribution in [0.5, 0.6) is 0 Å². The SMILES string of the molecule is CC(=O)NC(CCCN=C(N)N)C(=O)N(CCc1ccc(Cl)cc1Cl)CC(=O)N(CCc1ccc(Cl)cc1Cl)CC(=O)O. The minimum Gasteiger partial charge on any atom is -0.480 e. The summed E-state index contributed by atoms with van der Waals surface area (Å²) in [6.07, 6.45) is 1.07. The molecule has 1 atom stereocenters. The number of nitrogens with zero attached hydrogens (tertiary/aromatic N) is 3. The standard InChI is InChI=1S/C28H34Cl4N6O5/c1-17(39)36-24(3-2-10-35-28(33)34)27(43)38(12-9-19-5-7-21(30)14-23(19)32)15-25(40)37(16-26(41)42)11-8-18-4-6-20(29)13-22(18)31/h4-7,13-14,24H,2-3,8-12,15-16H2,1H3,(H,36,39)(H,41,42)(H4,33,34,35).